The second kappa shape index (κ2) is 7.77. The van der Waals surface area contributed by atoms with Crippen LogP contribution in [0.3, 0.4) is 0 Å². The van der Waals surface area contributed by atoms with Crippen LogP contribution in [0.2, 0.25) is 0 Å². The number of carbonyl (C=O) groups excluding carboxylic acids is 2. The third-order valence-electron chi connectivity index (χ3n) is 5.77. The van der Waals surface area contributed by atoms with Gasteiger partial charge in [0.05, 0.1) is 6.10 Å². The summed E-state index contributed by atoms with van der Waals surface area (Å²) in [5, 5.41) is 0. The van der Waals surface area contributed by atoms with E-state index in [0.29, 0.717) is 12.8 Å². The Labute approximate surface area is 161 Å². The number of methoxy groups -OCH3 is 1. The highest BCUT2D eigenvalue weighted by molar-refractivity contribution is 6.10. The van der Waals surface area contributed by atoms with E-state index >= 15 is 0 Å². The molecule has 0 amide bonds. The van der Waals surface area contributed by atoms with Crippen LogP contribution in [0, 0.1) is 20.8 Å². The number of hydrogen-bond acceptors (Lipinski definition) is 3. The molecule has 27 heavy (non-hydrogen) atoms. The maximum atomic E-state index is 13.0. The quantitative estimate of drug-likeness (QED) is 0.707. The van der Waals surface area contributed by atoms with Gasteiger partial charge in [0.2, 0.25) is 0 Å². The van der Waals surface area contributed by atoms with E-state index in [9.17, 15) is 9.59 Å². The van der Waals surface area contributed by atoms with Gasteiger partial charge in [0, 0.05) is 20.0 Å². The summed E-state index contributed by atoms with van der Waals surface area (Å²) in [6, 6.07) is 12.2. The van der Waals surface area contributed by atoms with Crippen molar-refractivity contribution in [1.29, 1.82) is 0 Å². The minimum absolute atomic E-state index is 0.00875. The van der Waals surface area contributed by atoms with Crippen molar-refractivity contribution in [2.24, 2.45) is 0 Å². The molecule has 1 fully saturated rings. The van der Waals surface area contributed by atoms with E-state index in [1.165, 1.54) is 0 Å². The number of aryl methyl sites for hydroxylation is 3. The van der Waals surface area contributed by atoms with Crippen molar-refractivity contribution < 1.29 is 14.3 Å². The van der Waals surface area contributed by atoms with E-state index in [-0.39, 0.29) is 23.6 Å². The van der Waals surface area contributed by atoms with Crippen molar-refractivity contribution in [2.45, 2.75) is 58.5 Å². The van der Waals surface area contributed by atoms with Gasteiger partial charge in [0.1, 0.15) is 17.5 Å². The van der Waals surface area contributed by atoms with Gasteiger partial charge < -0.3 is 4.74 Å². The van der Waals surface area contributed by atoms with E-state index in [0.717, 1.165) is 33.4 Å². The predicted molar refractivity (Wildman–Crippen MR) is 107 cm³/mol. The van der Waals surface area contributed by atoms with Crippen molar-refractivity contribution in [2.75, 3.05) is 7.11 Å². The first-order valence-corrected chi connectivity index (χ1v) is 9.57. The Morgan fingerprint density at radius 3 is 2.11 bits per heavy atom. The van der Waals surface area contributed by atoms with Crippen LogP contribution < -0.4 is 0 Å². The highest BCUT2D eigenvalue weighted by atomic mass is 16.5. The van der Waals surface area contributed by atoms with Gasteiger partial charge in [-0.25, -0.2) is 0 Å². The van der Waals surface area contributed by atoms with Gasteiger partial charge in [-0.1, -0.05) is 42.0 Å². The first-order valence-electron chi connectivity index (χ1n) is 9.57. The van der Waals surface area contributed by atoms with Crippen LogP contribution in [0.1, 0.15) is 71.1 Å². The van der Waals surface area contributed by atoms with E-state index in [1.807, 2.05) is 45.9 Å². The summed E-state index contributed by atoms with van der Waals surface area (Å²) in [5.74, 6) is -0.577. The number of carbonyl (C=O) groups is 2. The van der Waals surface area contributed by atoms with Gasteiger partial charge in [0.25, 0.3) is 0 Å². The van der Waals surface area contributed by atoms with Crippen LogP contribution in [-0.4, -0.2) is 18.7 Å². The van der Waals surface area contributed by atoms with Gasteiger partial charge in [0.15, 0.2) is 0 Å². The standard InChI is InChI=1S/C24H28O3/c1-14-9-15(2)23(16(3)10-14)24-21(25)12-20(13-22(24)26)19-8-6-7-18(11-19)17(4)27-5/h6-11,17,20,24H,12-13H2,1-5H3. The molecule has 1 atom stereocenters. The predicted octanol–water partition coefficient (Wildman–Crippen LogP) is 5.12. The zero-order chi connectivity index (χ0) is 19.7. The number of ether oxygens (including phenoxy) is 1. The summed E-state index contributed by atoms with van der Waals surface area (Å²) >= 11 is 0. The Hall–Kier alpha value is -2.26. The van der Waals surface area contributed by atoms with Gasteiger partial charge in [-0.05, 0) is 61.4 Å². The summed E-state index contributed by atoms with van der Waals surface area (Å²) in [7, 11) is 1.68. The van der Waals surface area contributed by atoms with Crippen LogP contribution in [0.15, 0.2) is 36.4 Å². The first-order chi connectivity index (χ1) is 12.8. The molecule has 1 saturated carbocycles. The summed E-state index contributed by atoms with van der Waals surface area (Å²) < 4.78 is 5.40. The lowest BCUT2D eigenvalue weighted by Crippen LogP contribution is -2.32. The highest BCUT2D eigenvalue weighted by Crippen LogP contribution is 2.39. The average molecular weight is 364 g/mol. The Balaban J connectivity index is 1.89. The Morgan fingerprint density at radius 1 is 0.963 bits per heavy atom. The fraction of sp³-hybridized carbons (Fsp3) is 0.417. The third kappa shape index (κ3) is 3.89. The summed E-state index contributed by atoms with van der Waals surface area (Å²) in [5.41, 5.74) is 6.26. The minimum Gasteiger partial charge on any atom is -0.377 e. The van der Waals surface area contributed by atoms with E-state index in [2.05, 4.69) is 18.2 Å². The molecule has 142 valence electrons. The Kier molecular flexibility index (Phi) is 5.61. The summed E-state index contributed by atoms with van der Waals surface area (Å²) in [6.07, 6.45) is 0.813. The molecule has 2 aromatic rings. The van der Waals surface area contributed by atoms with Gasteiger partial charge in [-0.15, -0.1) is 0 Å². The molecule has 0 aromatic heterocycles. The van der Waals surface area contributed by atoms with Crippen LogP contribution in [0.25, 0.3) is 0 Å². The largest absolute Gasteiger partial charge is 0.377 e. The molecule has 2 aromatic carbocycles. The molecule has 0 heterocycles. The number of rotatable bonds is 4. The normalized spacial score (nSPS) is 21.4. The second-order valence-corrected chi connectivity index (χ2v) is 7.83. The lowest BCUT2D eigenvalue weighted by Gasteiger charge is -2.29. The number of hydrogen-bond donors (Lipinski definition) is 0. The fourth-order valence-electron chi connectivity index (χ4n) is 4.38. The van der Waals surface area contributed by atoms with Crippen LogP contribution in [-0.2, 0) is 14.3 Å². The Morgan fingerprint density at radius 2 is 1.56 bits per heavy atom. The van der Waals surface area contributed by atoms with Crippen LogP contribution in [0.5, 0.6) is 0 Å². The molecule has 0 radical (unpaired) electrons. The van der Waals surface area contributed by atoms with Gasteiger partial charge in [-0.2, -0.15) is 0 Å². The second-order valence-electron chi connectivity index (χ2n) is 7.83. The topological polar surface area (TPSA) is 43.4 Å². The molecule has 3 heteroatoms. The van der Waals surface area contributed by atoms with Crippen molar-refractivity contribution in [3.63, 3.8) is 0 Å². The number of ketones is 2. The molecule has 0 saturated heterocycles. The van der Waals surface area contributed by atoms with E-state index < -0.39 is 5.92 Å². The number of Topliss-reactive ketones (excluding diaryl/α,β-unsaturated/α-hetero) is 2. The molecule has 1 aliphatic carbocycles. The first kappa shape index (κ1) is 19.5. The molecule has 0 bridgehead atoms. The van der Waals surface area contributed by atoms with Gasteiger partial charge >= 0.3 is 0 Å². The molecule has 0 N–H and O–H groups in total. The zero-order valence-corrected chi connectivity index (χ0v) is 16.8. The molecule has 1 aliphatic rings. The smallest absolute Gasteiger partial charge is 0.148 e. The molecule has 3 rings (SSSR count). The van der Waals surface area contributed by atoms with Crippen LogP contribution in [0.4, 0.5) is 0 Å². The molecule has 1 unspecified atom stereocenters. The maximum Gasteiger partial charge on any atom is 0.148 e. The minimum atomic E-state index is -0.608. The Bertz CT molecular complexity index is 840. The summed E-state index contributed by atoms with van der Waals surface area (Å²) in [4.78, 5) is 26.0. The fourth-order valence-corrected chi connectivity index (χ4v) is 4.38. The van der Waals surface area contributed by atoms with Crippen molar-refractivity contribution in [3.8, 4) is 0 Å². The average Bonchev–Trinajstić information content (AvgIpc) is 2.62. The molecular weight excluding hydrogens is 336 g/mol. The molecule has 0 spiro atoms. The lowest BCUT2D eigenvalue weighted by molar-refractivity contribution is -0.132. The molecule has 0 aliphatic heterocycles. The highest BCUT2D eigenvalue weighted by Gasteiger charge is 2.38. The van der Waals surface area contributed by atoms with Crippen molar-refractivity contribution in [1.82, 2.24) is 0 Å². The lowest BCUT2D eigenvalue weighted by atomic mass is 9.72. The molecular formula is C24H28O3. The van der Waals surface area contributed by atoms with Crippen molar-refractivity contribution >= 4 is 11.6 Å². The number of benzene rings is 2. The zero-order valence-electron chi connectivity index (χ0n) is 16.8. The van der Waals surface area contributed by atoms with E-state index in [1.54, 1.807) is 7.11 Å². The van der Waals surface area contributed by atoms with Crippen molar-refractivity contribution in [3.05, 3.63) is 69.8 Å². The SMILES string of the molecule is COC(C)c1cccc(C2CC(=O)C(c3c(C)cc(C)cc3C)C(=O)C2)c1. The maximum absolute atomic E-state index is 13.0. The summed E-state index contributed by atoms with van der Waals surface area (Å²) in [6.45, 7) is 8.03. The molecule has 3 nitrogen and oxygen atoms in total. The van der Waals surface area contributed by atoms with Gasteiger partial charge in [-0.3, -0.25) is 9.59 Å². The monoisotopic (exact) mass is 364 g/mol. The van der Waals surface area contributed by atoms with Crippen LogP contribution >= 0.6 is 0 Å². The van der Waals surface area contributed by atoms with E-state index in [4.69, 9.17) is 4.74 Å². The third-order valence-corrected chi connectivity index (χ3v) is 5.77.